The van der Waals surface area contributed by atoms with Crippen LogP contribution in [0.15, 0.2) is 24.3 Å². The van der Waals surface area contributed by atoms with Crippen LogP contribution in [0.4, 0.5) is 0 Å². The summed E-state index contributed by atoms with van der Waals surface area (Å²) in [7, 11) is -1.53. The Morgan fingerprint density at radius 2 is 0.917 bits per heavy atom. The van der Waals surface area contributed by atoms with Crippen LogP contribution in [0.2, 0.25) is 36.3 Å². The van der Waals surface area contributed by atoms with Crippen molar-refractivity contribution in [1.82, 2.24) is 0 Å². The van der Waals surface area contributed by atoms with Crippen molar-refractivity contribution in [3.05, 3.63) is 35.4 Å². The Labute approximate surface area is 218 Å². The van der Waals surface area contributed by atoms with Crippen molar-refractivity contribution in [2.24, 2.45) is 0 Å². The number of methoxy groups -OCH3 is 2. The molecule has 0 unspecified atom stereocenters. The van der Waals surface area contributed by atoms with Crippen molar-refractivity contribution < 1.29 is 27.9 Å². The van der Waals surface area contributed by atoms with E-state index in [2.05, 4.69) is 67.7 Å². The fourth-order valence-electron chi connectivity index (χ4n) is 3.11. The first-order chi connectivity index (χ1) is 16.4. The lowest BCUT2D eigenvalue weighted by atomic mass is 9.98. The Hall–Kier alpha value is -2.59. The van der Waals surface area contributed by atoms with E-state index in [1.54, 1.807) is 38.5 Å². The van der Waals surface area contributed by atoms with Gasteiger partial charge in [-0.3, -0.25) is 9.59 Å². The van der Waals surface area contributed by atoms with Crippen LogP contribution in [0.3, 0.4) is 0 Å². The number of benzene rings is 2. The summed E-state index contributed by atoms with van der Waals surface area (Å²) in [5, 5.41) is -0.164. The zero-order valence-electron chi connectivity index (χ0n) is 23.9. The zero-order chi connectivity index (χ0) is 27.7. The molecule has 2 rings (SSSR count). The summed E-state index contributed by atoms with van der Waals surface area (Å²) in [5.41, 5.74) is 2.10. The molecule has 0 saturated heterocycles. The fourth-order valence-corrected chi connectivity index (χ4v) is 5.17. The van der Waals surface area contributed by atoms with Crippen LogP contribution in [-0.4, -0.2) is 43.4 Å². The summed E-state index contributed by atoms with van der Waals surface area (Å²) in [4.78, 5) is 23.8. The maximum atomic E-state index is 11.9. The van der Waals surface area contributed by atoms with Gasteiger partial charge in [0.05, 0.1) is 14.2 Å². The van der Waals surface area contributed by atoms with E-state index < -0.39 is 16.6 Å². The summed E-state index contributed by atoms with van der Waals surface area (Å²) < 4.78 is 25.0. The molecule has 0 fully saturated rings. The number of rotatable bonds is 9. The molecule has 0 spiro atoms. The van der Waals surface area contributed by atoms with Gasteiger partial charge in [0.15, 0.2) is 23.0 Å². The smallest absolute Gasteiger partial charge is 0.250 e. The standard InChI is InChI=1S/C28H42O6Si2/c1-27(2,3)35(9,10)33-25-21(13-19(17-29)15-23(25)31-7)22-14-20(18-30)16-24(32-8)26(22)34-36(11,12)28(4,5)6/h13-18H,1-12H3. The minimum absolute atomic E-state index is 0.0819. The third-order valence-electron chi connectivity index (χ3n) is 7.48. The maximum Gasteiger partial charge on any atom is 0.250 e. The van der Waals surface area contributed by atoms with E-state index in [0.717, 1.165) is 12.6 Å². The minimum atomic E-state index is -2.32. The Kier molecular flexibility index (Phi) is 8.58. The number of carbonyl (C=O) groups is 2. The van der Waals surface area contributed by atoms with Gasteiger partial charge < -0.3 is 18.3 Å². The van der Waals surface area contributed by atoms with Gasteiger partial charge in [0, 0.05) is 22.3 Å². The first kappa shape index (κ1) is 29.6. The molecule has 0 aromatic heterocycles. The molecule has 6 nitrogen and oxygen atoms in total. The lowest BCUT2D eigenvalue weighted by Gasteiger charge is -2.39. The molecule has 36 heavy (non-hydrogen) atoms. The van der Waals surface area contributed by atoms with E-state index in [1.165, 1.54) is 0 Å². The highest BCUT2D eigenvalue weighted by Crippen LogP contribution is 2.51. The Bertz CT molecular complexity index is 1030. The molecule has 0 atom stereocenters. The average molecular weight is 531 g/mol. The fraction of sp³-hybridized carbons (Fsp3) is 0.500. The van der Waals surface area contributed by atoms with Crippen LogP contribution in [0, 0.1) is 0 Å². The highest BCUT2D eigenvalue weighted by molar-refractivity contribution is 6.75. The van der Waals surface area contributed by atoms with Crippen LogP contribution in [0.25, 0.3) is 11.1 Å². The molecule has 0 aliphatic carbocycles. The molecular weight excluding hydrogens is 488 g/mol. The summed E-state index contributed by atoms with van der Waals surface area (Å²) in [6.07, 6.45) is 1.55. The third kappa shape index (κ3) is 6.03. The second kappa shape index (κ2) is 10.4. The van der Waals surface area contributed by atoms with Gasteiger partial charge in [-0.25, -0.2) is 0 Å². The van der Waals surface area contributed by atoms with Gasteiger partial charge in [-0.2, -0.15) is 0 Å². The van der Waals surface area contributed by atoms with Crippen LogP contribution in [0.5, 0.6) is 23.0 Å². The molecule has 2 aromatic carbocycles. The van der Waals surface area contributed by atoms with Gasteiger partial charge in [0.2, 0.25) is 0 Å². The Morgan fingerprint density at radius 3 is 1.14 bits per heavy atom. The van der Waals surface area contributed by atoms with Crippen molar-refractivity contribution in [3.8, 4) is 34.1 Å². The molecule has 0 saturated carbocycles. The summed E-state index contributed by atoms with van der Waals surface area (Å²) in [5.74, 6) is 1.96. The summed E-state index contributed by atoms with van der Waals surface area (Å²) >= 11 is 0. The largest absolute Gasteiger partial charge is 0.541 e. The summed E-state index contributed by atoms with van der Waals surface area (Å²) in [6, 6.07) is 6.88. The van der Waals surface area contributed by atoms with Crippen molar-refractivity contribution in [3.63, 3.8) is 0 Å². The SMILES string of the molecule is COc1cc(C=O)cc(-c2cc(C=O)cc(OC)c2O[Si](C)(C)C(C)(C)C)c1O[Si](C)(C)C(C)(C)C. The molecule has 0 aliphatic rings. The molecule has 0 heterocycles. The number of carbonyl (C=O) groups excluding carboxylic acids is 2. The molecular formula is C28H42O6Si2. The lowest BCUT2D eigenvalue weighted by molar-refractivity contribution is 0.111. The Balaban J connectivity index is 3.01. The van der Waals surface area contributed by atoms with E-state index in [9.17, 15) is 9.59 Å². The van der Waals surface area contributed by atoms with Gasteiger partial charge in [-0.05, 0) is 60.5 Å². The van der Waals surface area contributed by atoms with Crippen molar-refractivity contribution in [1.29, 1.82) is 0 Å². The topological polar surface area (TPSA) is 71.1 Å². The zero-order valence-corrected chi connectivity index (χ0v) is 25.9. The number of aldehydes is 2. The number of ether oxygens (including phenoxy) is 2. The molecule has 198 valence electrons. The van der Waals surface area contributed by atoms with Gasteiger partial charge >= 0.3 is 0 Å². The highest BCUT2D eigenvalue weighted by atomic mass is 28.4. The predicted molar refractivity (Wildman–Crippen MR) is 151 cm³/mol. The van der Waals surface area contributed by atoms with Crippen LogP contribution in [0.1, 0.15) is 62.3 Å². The summed E-state index contributed by atoms with van der Waals surface area (Å²) in [6.45, 7) is 21.6. The number of hydrogen-bond acceptors (Lipinski definition) is 6. The monoisotopic (exact) mass is 530 g/mol. The van der Waals surface area contributed by atoms with Crippen LogP contribution < -0.4 is 18.3 Å². The lowest BCUT2D eigenvalue weighted by Crippen LogP contribution is -2.44. The number of hydrogen-bond donors (Lipinski definition) is 0. The van der Waals surface area contributed by atoms with Gasteiger partial charge in [0.1, 0.15) is 12.6 Å². The molecule has 0 bridgehead atoms. The van der Waals surface area contributed by atoms with Crippen molar-refractivity contribution in [2.45, 2.75) is 77.8 Å². The van der Waals surface area contributed by atoms with E-state index >= 15 is 0 Å². The first-order valence-corrected chi connectivity index (χ1v) is 18.0. The molecule has 8 heteroatoms. The van der Waals surface area contributed by atoms with Crippen molar-refractivity contribution >= 4 is 29.2 Å². The van der Waals surface area contributed by atoms with Crippen LogP contribution in [-0.2, 0) is 0 Å². The van der Waals surface area contributed by atoms with Gasteiger partial charge in [-0.15, -0.1) is 0 Å². The van der Waals surface area contributed by atoms with Crippen LogP contribution >= 0.6 is 0 Å². The molecule has 2 aromatic rings. The minimum Gasteiger partial charge on any atom is -0.541 e. The predicted octanol–water partition coefficient (Wildman–Crippen LogP) is 7.76. The quantitative estimate of drug-likeness (QED) is 0.244. The molecule has 0 amide bonds. The van der Waals surface area contributed by atoms with E-state index in [0.29, 0.717) is 45.3 Å². The molecule has 0 N–H and O–H groups in total. The maximum absolute atomic E-state index is 11.9. The van der Waals surface area contributed by atoms with E-state index in [1.807, 2.05) is 0 Å². The first-order valence-electron chi connectivity index (χ1n) is 12.1. The van der Waals surface area contributed by atoms with E-state index in [-0.39, 0.29) is 10.1 Å². The molecule has 0 aliphatic heterocycles. The molecule has 0 radical (unpaired) electrons. The van der Waals surface area contributed by atoms with E-state index in [4.69, 9.17) is 18.3 Å². The second-order valence-corrected chi connectivity index (χ2v) is 21.6. The second-order valence-electron chi connectivity index (χ2n) is 12.2. The Morgan fingerprint density at radius 1 is 0.611 bits per heavy atom. The highest BCUT2D eigenvalue weighted by Gasteiger charge is 2.42. The average Bonchev–Trinajstić information content (AvgIpc) is 2.77. The normalized spacial score (nSPS) is 12.7. The van der Waals surface area contributed by atoms with Crippen molar-refractivity contribution in [2.75, 3.05) is 14.2 Å². The van der Waals surface area contributed by atoms with Gasteiger partial charge in [0.25, 0.3) is 16.6 Å². The van der Waals surface area contributed by atoms with Gasteiger partial charge in [-0.1, -0.05) is 41.5 Å². The third-order valence-corrected chi connectivity index (χ3v) is 16.1.